The quantitative estimate of drug-likeness (QED) is 0.714. The number of aryl methyl sites for hydroxylation is 1. The van der Waals surface area contributed by atoms with Gasteiger partial charge >= 0.3 is 0 Å². The number of nitrogens with zero attached hydrogens (tertiary/aromatic N) is 2. The number of hydrogen-bond acceptors (Lipinski definition) is 3. The summed E-state index contributed by atoms with van der Waals surface area (Å²) in [4.78, 5) is 10.3. The van der Waals surface area contributed by atoms with Crippen molar-refractivity contribution in [1.29, 1.82) is 0 Å². The minimum absolute atomic E-state index is 0.483. The molecule has 1 aromatic heterocycles. The molecule has 1 atom stereocenters. The van der Waals surface area contributed by atoms with E-state index in [1.165, 1.54) is 23.4 Å². The van der Waals surface area contributed by atoms with Crippen LogP contribution >= 0.6 is 11.8 Å². The first-order chi connectivity index (χ1) is 7.22. The summed E-state index contributed by atoms with van der Waals surface area (Å²) < 4.78 is 0. The number of thioether (sulfide) groups is 1. The van der Waals surface area contributed by atoms with Gasteiger partial charge in [-0.05, 0) is 19.1 Å². The standard InChI is InChI=1S/C12H20N2S/c1-5-7-9(3)12-13-8-11(15-4)10(6-2)14-12/h8-9H,5-7H2,1-4H3. The van der Waals surface area contributed by atoms with Crippen molar-refractivity contribution >= 4 is 11.8 Å². The lowest BCUT2D eigenvalue weighted by Gasteiger charge is -2.11. The molecule has 0 aliphatic rings. The maximum atomic E-state index is 4.65. The zero-order valence-corrected chi connectivity index (χ0v) is 10.9. The fourth-order valence-electron chi connectivity index (χ4n) is 1.64. The molecule has 0 amide bonds. The molecule has 0 spiro atoms. The van der Waals surface area contributed by atoms with Gasteiger partial charge in [-0.3, -0.25) is 0 Å². The van der Waals surface area contributed by atoms with Crippen molar-refractivity contribution < 1.29 is 0 Å². The molecule has 0 aromatic carbocycles. The summed E-state index contributed by atoms with van der Waals surface area (Å²) in [6.07, 6.45) is 7.40. The maximum absolute atomic E-state index is 4.65. The summed E-state index contributed by atoms with van der Waals surface area (Å²) in [6.45, 7) is 6.56. The van der Waals surface area contributed by atoms with Gasteiger partial charge in [0.25, 0.3) is 0 Å². The third-order valence-corrected chi connectivity index (χ3v) is 3.35. The van der Waals surface area contributed by atoms with Crippen molar-refractivity contribution in [3.8, 4) is 0 Å². The molecular weight excluding hydrogens is 204 g/mol. The van der Waals surface area contributed by atoms with Gasteiger partial charge in [-0.25, -0.2) is 9.97 Å². The monoisotopic (exact) mass is 224 g/mol. The van der Waals surface area contributed by atoms with Crippen LogP contribution in [-0.2, 0) is 6.42 Å². The highest BCUT2D eigenvalue weighted by Gasteiger charge is 2.10. The third-order valence-electron chi connectivity index (χ3n) is 2.57. The Morgan fingerprint density at radius 1 is 1.40 bits per heavy atom. The highest BCUT2D eigenvalue weighted by atomic mass is 32.2. The first-order valence-corrected chi connectivity index (χ1v) is 6.85. The molecule has 0 bridgehead atoms. The third kappa shape index (κ3) is 3.20. The minimum atomic E-state index is 0.483. The lowest BCUT2D eigenvalue weighted by atomic mass is 10.1. The summed E-state index contributed by atoms with van der Waals surface area (Å²) in [5.74, 6) is 1.49. The first kappa shape index (κ1) is 12.5. The second kappa shape index (κ2) is 6.11. The van der Waals surface area contributed by atoms with Gasteiger partial charge < -0.3 is 0 Å². The number of hydrogen-bond donors (Lipinski definition) is 0. The topological polar surface area (TPSA) is 25.8 Å². The van der Waals surface area contributed by atoms with Gasteiger partial charge in [0.1, 0.15) is 5.82 Å². The lowest BCUT2D eigenvalue weighted by molar-refractivity contribution is 0.618. The number of aromatic nitrogens is 2. The zero-order valence-electron chi connectivity index (χ0n) is 10.1. The van der Waals surface area contributed by atoms with Crippen molar-refractivity contribution in [2.75, 3.05) is 6.26 Å². The van der Waals surface area contributed by atoms with Crippen LogP contribution in [0.2, 0.25) is 0 Å². The van der Waals surface area contributed by atoms with E-state index in [4.69, 9.17) is 0 Å². The summed E-state index contributed by atoms with van der Waals surface area (Å²) in [5, 5.41) is 0. The van der Waals surface area contributed by atoms with E-state index >= 15 is 0 Å². The van der Waals surface area contributed by atoms with Crippen molar-refractivity contribution in [2.45, 2.75) is 50.8 Å². The first-order valence-electron chi connectivity index (χ1n) is 5.62. The predicted octanol–water partition coefficient (Wildman–Crippen LogP) is 3.66. The molecule has 84 valence electrons. The van der Waals surface area contributed by atoms with Crippen molar-refractivity contribution in [2.24, 2.45) is 0 Å². The molecule has 1 aromatic rings. The average Bonchev–Trinajstić information content (AvgIpc) is 2.28. The molecule has 2 nitrogen and oxygen atoms in total. The predicted molar refractivity (Wildman–Crippen MR) is 66.5 cm³/mol. The molecule has 1 unspecified atom stereocenters. The molecule has 0 saturated heterocycles. The zero-order chi connectivity index (χ0) is 11.3. The van der Waals surface area contributed by atoms with E-state index in [0.29, 0.717) is 5.92 Å². The minimum Gasteiger partial charge on any atom is -0.240 e. The average molecular weight is 224 g/mol. The van der Waals surface area contributed by atoms with E-state index in [0.717, 1.165) is 12.2 Å². The molecular formula is C12H20N2S. The maximum Gasteiger partial charge on any atom is 0.131 e. The van der Waals surface area contributed by atoms with Crippen LogP contribution < -0.4 is 0 Å². The van der Waals surface area contributed by atoms with Crippen LogP contribution in [0.25, 0.3) is 0 Å². The van der Waals surface area contributed by atoms with E-state index in [1.807, 2.05) is 6.20 Å². The van der Waals surface area contributed by atoms with Crippen molar-refractivity contribution in [1.82, 2.24) is 9.97 Å². The Hall–Kier alpha value is -0.570. The Balaban J connectivity index is 2.92. The molecule has 0 aliphatic carbocycles. The van der Waals surface area contributed by atoms with Gasteiger partial charge in [-0.2, -0.15) is 0 Å². The molecule has 1 heterocycles. The largest absolute Gasteiger partial charge is 0.240 e. The Morgan fingerprint density at radius 2 is 2.13 bits per heavy atom. The fraction of sp³-hybridized carbons (Fsp3) is 0.667. The normalized spacial score (nSPS) is 12.8. The SMILES string of the molecule is CCCC(C)c1ncc(SC)c(CC)n1. The molecule has 3 heteroatoms. The van der Waals surface area contributed by atoms with Crippen LogP contribution in [0.1, 0.15) is 51.0 Å². The second-order valence-electron chi connectivity index (χ2n) is 3.79. The summed E-state index contributed by atoms with van der Waals surface area (Å²) in [6, 6.07) is 0. The molecule has 0 radical (unpaired) electrons. The summed E-state index contributed by atoms with van der Waals surface area (Å²) in [5.41, 5.74) is 1.19. The van der Waals surface area contributed by atoms with Gasteiger partial charge in [-0.15, -0.1) is 11.8 Å². The van der Waals surface area contributed by atoms with Gasteiger partial charge in [0.15, 0.2) is 0 Å². The van der Waals surface area contributed by atoms with Crippen LogP contribution in [0.15, 0.2) is 11.1 Å². The van der Waals surface area contributed by atoms with Gasteiger partial charge in [0.2, 0.25) is 0 Å². The van der Waals surface area contributed by atoms with Crippen molar-refractivity contribution in [3.63, 3.8) is 0 Å². The molecule has 0 aliphatic heterocycles. The highest BCUT2D eigenvalue weighted by Crippen LogP contribution is 2.22. The van der Waals surface area contributed by atoms with Crippen molar-refractivity contribution in [3.05, 3.63) is 17.7 Å². The Kier molecular flexibility index (Phi) is 5.09. The highest BCUT2D eigenvalue weighted by molar-refractivity contribution is 7.98. The van der Waals surface area contributed by atoms with E-state index in [1.54, 1.807) is 11.8 Å². The van der Waals surface area contributed by atoms with Gasteiger partial charge in [0.05, 0.1) is 5.69 Å². The van der Waals surface area contributed by atoms with Crippen LogP contribution in [-0.4, -0.2) is 16.2 Å². The smallest absolute Gasteiger partial charge is 0.131 e. The summed E-state index contributed by atoms with van der Waals surface area (Å²) in [7, 11) is 0. The van der Waals surface area contributed by atoms with Crippen LogP contribution in [0.5, 0.6) is 0 Å². The van der Waals surface area contributed by atoms with Gasteiger partial charge in [-0.1, -0.05) is 27.2 Å². The molecule has 0 fully saturated rings. The van der Waals surface area contributed by atoms with Crippen LogP contribution in [0.4, 0.5) is 0 Å². The Bertz CT molecular complexity index is 312. The molecule has 1 rings (SSSR count). The second-order valence-corrected chi connectivity index (χ2v) is 4.63. The fourth-order valence-corrected chi connectivity index (χ4v) is 2.23. The molecule has 0 N–H and O–H groups in total. The van der Waals surface area contributed by atoms with Crippen LogP contribution in [0, 0.1) is 0 Å². The van der Waals surface area contributed by atoms with E-state index < -0.39 is 0 Å². The molecule has 15 heavy (non-hydrogen) atoms. The lowest BCUT2D eigenvalue weighted by Crippen LogP contribution is -2.04. The van der Waals surface area contributed by atoms with Gasteiger partial charge in [0, 0.05) is 17.0 Å². The summed E-state index contributed by atoms with van der Waals surface area (Å²) >= 11 is 1.73. The van der Waals surface area contributed by atoms with E-state index in [9.17, 15) is 0 Å². The number of rotatable bonds is 5. The van der Waals surface area contributed by atoms with Crippen LogP contribution in [0.3, 0.4) is 0 Å². The van der Waals surface area contributed by atoms with E-state index in [2.05, 4.69) is 37.0 Å². The van der Waals surface area contributed by atoms with E-state index in [-0.39, 0.29) is 0 Å². The molecule has 0 saturated carbocycles. The Morgan fingerprint density at radius 3 is 2.67 bits per heavy atom. The Labute approximate surface area is 96.9 Å².